The Kier molecular flexibility index (Phi) is 7.66. The van der Waals surface area contributed by atoms with Crippen LogP contribution in [0.5, 0.6) is 0 Å². The van der Waals surface area contributed by atoms with E-state index >= 15 is 0 Å². The molecule has 3 aromatic heterocycles. The van der Waals surface area contributed by atoms with Crippen molar-refractivity contribution in [1.82, 2.24) is 24.8 Å². The molecule has 0 radical (unpaired) electrons. The monoisotopic (exact) mass is 538 g/mol. The molecule has 9 heteroatoms. The summed E-state index contributed by atoms with van der Waals surface area (Å²) in [5.74, 6) is 1.16. The van der Waals surface area contributed by atoms with E-state index in [-0.39, 0.29) is 12.1 Å². The number of aromatic nitrogens is 4. The third-order valence-corrected chi connectivity index (χ3v) is 6.42. The van der Waals surface area contributed by atoms with Crippen LogP contribution < -0.4 is 11.1 Å². The minimum atomic E-state index is -0.438. The molecule has 0 atom stereocenters. The minimum absolute atomic E-state index is 0.192. The highest BCUT2D eigenvalue weighted by Gasteiger charge is 2.19. The van der Waals surface area contributed by atoms with Crippen LogP contribution in [0.25, 0.3) is 33.1 Å². The molecule has 206 valence electrons. The molecule has 9 nitrogen and oxygen atoms in total. The standard InChI is InChI=1S/C31H34N6O3/c1-5-39-19-26-35-27-28(24-13-12-22(15-25(24)34-29(27)32)23-7-6-14-33-16-23)37(26)17-20-8-10-21(11-9-20)18-40-30(38)36-31(2,3)4/h6-16H,5,17-19H2,1-4H3,(H2,32,34)(H,36,38). The lowest BCUT2D eigenvalue weighted by Crippen LogP contribution is -2.40. The van der Waals surface area contributed by atoms with Gasteiger partial charge in [0.15, 0.2) is 5.82 Å². The molecule has 0 aliphatic heterocycles. The Morgan fingerprint density at radius 3 is 2.48 bits per heavy atom. The third-order valence-electron chi connectivity index (χ3n) is 6.42. The van der Waals surface area contributed by atoms with E-state index < -0.39 is 6.09 Å². The van der Waals surface area contributed by atoms with Gasteiger partial charge in [-0.3, -0.25) is 4.98 Å². The number of nitrogens with two attached hydrogens (primary N) is 1. The van der Waals surface area contributed by atoms with Gasteiger partial charge in [-0.25, -0.2) is 14.8 Å². The molecule has 2 aromatic carbocycles. The predicted molar refractivity (Wildman–Crippen MR) is 157 cm³/mol. The zero-order chi connectivity index (χ0) is 28.3. The Morgan fingerprint density at radius 2 is 1.77 bits per heavy atom. The van der Waals surface area contributed by atoms with E-state index in [1.165, 1.54) is 0 Å². The average molecular weight is 539 g/mol. The zero-order valence-electron chi connectivity index (χ0n) is 23.3. The molecule has 0 unspecified atom stereocenters. The lowest BCUT2D eigenvalue weighted by molar-refractivity contribution is 0.126. The van der Waals surface area contributed by atoms with Gasteiger partial charge in [0, 0.05) is 42.0 Å². The van der Waals surface area contributed by atoms with Crippen LogP contribution in [0, 0.1) is 0 Å². The maximum atomic E-state index is 12.0. The van der Waals surface area contributed by atoms with Crippen molar-refractivity contribution in [3.63, 3.8) is 0 Å². The number of nitrogens with one attached hydrogen (secondary N) is 1. The molecule has 40 heavy (non-hydrogen) atoms. The van der Waals surface area contributed by atoms with Crippen molar-refractivity contribution in [2.24, 2.45) is 0 Å². The number of imidazole rings is 1. The van der Waals surface area contributed by atoms with Crippen LogP contribution in [0.15, 0.2) is 67.0 Å². The fourth-order valence-corrected chi connectivity index (χ4v) is 4.56. The molecule has 0 saturated carbocycles. The van der Waals surface area contributed by atoms with Gasteiger partial charge >= 0.3 is 6.09 Å². The fraction of sp³-hybridized carbons (Fsp3) is 0.290. The molecule has 0 aliphatic carbocycles. The number of hydrogen-bond acceptors (Lipinski definition) is 7. The summed E-state index contributed by atoms with van der Waals surface area (Å²) in [7, 11) is 0. The molecule has 5 rings (SSSR count). The van der Waals surface area contributed by atoms with Gasteiger partial charge in [-0.05, 0) is 56.5 Å². The molecule has 0 fully saturated rings. The Labute approximate surface area is 233 Å². The van der Waals surface area contributed by atoms with Crippen LogP contribution in [-0.2, 0) is 29.2 Å². The Hall–Kier alpha value is -4.50. The molecule has 0 bridgehead atoms. The number of benzene rings is 2. The normalized spacial score (nSPS) is 11.7. The first-order valence-corrected chi connectivity index (χ1v) is 13.3. The largest absolute Gasteiger partial charge is 0.445 e. The zero-order valence-corrected chi connectivity index (χ0v) is 23.3. The van der Waals surface area contributed by atoms with Gasteiger partial charge in [-0.15, -0.1) is 0 Å². The van der Waals surface area contributed by atoms with Crippen molar-refractivity contribution in [2.45, 2.75) is 53.0 Å². The van der Waals surface area contributed by atoms with Crippen LogP contribution in [0.3, 0.4) is 0 Å². The van der Waals surface area contributed by atoms with E-state index in [1.807, 2.05) is 76.4 Å². The molecule has 3 heterocycles. The number of anilines is 1. The molecule has 0 saturated heterocycles. The highest BCUT2D eigenvalue weighted by Crippen LogP contribution is 2.32. The van der Waals surface area contributed by atoms with Crippen molar-refractivity contribution in [2.75, 3.05) is 12.3 Å². The molecule has 3 N–H and O–H groups in total. The summed E-state index contributed by atoms with van der Waals surface area (Å²) in [6.45, 7) is 9.38. The molecule has 1 amide bonds. The summed E-state index contributed by atoms with van der Waals surface area (Å²) in [6.07, 6.45) is 3.15. The lowest BCUT2D eigenvalue weighted by Gasteiger charge is -2.20. The summed E-state index contributed by atoms with van der Waals surface area (Å²) >= 11 is 0. The number of amides is 1. The topological polar surface area (TPSA) is 117 Å². The van der Waals surface area contributed by atoms with Crippen molar-refractivity contribution in [3.05, 3.63) is 83.9 Å². The summed E-state index contributed by atoms with van der Waals surface area (Å²) < 4.78 is 13.3. The number of pyridine rings is 2. The van der Waals surface area contributed by atoms with Gasteiger partial charge in [0.25, 0.3) is 0 Å². The average Bonchev–Trinajstić information content (AvgIpc) is 3.29. The third kappa shape index (κ3) is 6.05. The Morgan fingerprint density at radius 1 is 1.00 bits per heavy atom. The van der Waals surface area contributed by atoms with E-state index in [2.05, 4.69) is 27.0 Å². The second-order valence-corrected chi connectivity index (χ2v) is 10.7. The highest BCUT2D eigenvalue weighted by atomic mass is 16.5. The number of carbonyl (C=O) groups excluding carboxylic acids is 1. The molecular weight excluding hydrogens is 504 g/mol. The minimum Gasteiger partial charge on any atom is -0.445 e. The molecule has 0 spiro atoms. The van der Waals surface area contributed by atoms with Crippen molar-refractivity contribution >= 4 is 33.8 Å². The number of ether oxygens (including phenoxy) is 2. The smallest absolute Gasteiger partial charge is 0.407 e. The second kappa shape index (κ2) is 11.3. The number of rotatable bonds is 8. The maximum absolute atomic E-state index is 12.0. The van der Waals surface area contributed by atoms with Crippen LogP contribution in [0.1, 0.15) is 44.6 Å². The van der Waals surface area contributed by atoms with Crippen LogP contribution in [0.4, 0.5) is 10.6 Å². The van der Waals surface area contributed by atoms with Crippen molar-refractivity contribution < 1.29 is 14.3 Å². The Balaban J connectivity index is 1.48. The van der Waals surface area contributed by atoms with Gasteiger partial charge in [-0.2, -0.15) is 0 Å². The van der Waals surface area contributed by atoms with E-state index in [0.717, 1.165) is 44.5 Å². The molecular formula is C31H34N6O3. The number of nitrogens with zero attached hydrogens (tertiary/aromatic N) is 4. The predicted octanol–water partition coefficient (Wildman–Crippen LogP) is 5.84. The van der Waals surface area contributed by atoms with Gasteiger partial charge in [0.1, 0.15) is 24.6 Å². The van der Waals surface area contributed by atoms with Gasteiger partial charge in [-0.1, -0.05) is 42.5 Å². The second-order valence-electron chi connectivity index (χ2n) is 10.7. The van der Waals surface area contributed by atoms with Gasteiger partial charge in [0.2, 0.25) is 0 Å². The quantitative estimate of drug-likeness (QED) is 0.255. The van der Waals surface area contributed by atoms with Gasteiger partial charge < -0.3 is 25.1 Å². The van der Waals surface area contributed by atoms with E-state index in [1.54, 1.807) is 6.20 Å². The summed E-state index contributed by atoms with van der Waals surface area (Å²) in [5.41, 5.74) is 12.5. The van der Waals surface area contributed by atoms with Crippen LogP contribution >= 0.6 is 0 Å². The maximum Gasteiger partial charge on any atom is 0.407 e. The number of nitrogen functional groups attached to an aromatic ring is 1. The van der Waals surface area contributed by atoms with E-state index in [4.69, 9.17) is 25.2 Å². The molecule has 5 aromatic rings. The van der Waals surface area contributed by atoms with E-state index in [9.17, 15) is 4.79 Å². The number of fused-ring (bicyclic) bond motifs is 3. The van der Waals surface area contributed by atoms with E-state index in [0.29, 0.717) is 31.1 Å². The first kappa shape index (κ1) is 27.1. The number of carbonyl (C=O) groups is 1. The van der Waals surface area contributed by atoms with Crippen LogP contribution in [-0.4, -0.2) is 37.8 Å². The van der Waals surface area contributed by atoms with Crippen LogP contribution in [0.2, 0.25) is 0 Å². The summed E-state index contributed by atoms with van der Waals surface area (Å²) in [6, 6.07) is 18.1. The van der Waals surface area contributed by atoms with Crippen molar-refractivity contribution in [1.29, 1.82) is 0 Å². The first-order valence-electron chi connectivity index (χ1n) is 13.3. The fourth-order valence-electron chi connectivity index (χ4n) is 4.56. The summed E-state index contributed by atoms with van der Waals surface area (Å²) in [5, 5.41) is 3.76. The SMILES string of the molecule is CCOCc1nc2c(N)nc3cc(-c4cccnc4)ccc3c2n1Cc1ccc(COC(=O)NC(C)(C)C)cc1. The van der Waals surface area contributed by atoms with Gasteiger partial charge in [0.05, 0.1) is 11.0 Å². The number of alkyl carbamates (subject to hydrolysis) is 1. The molecule has 0 aliphatic rings. The first-order chi connectivity index (χ1) is 19.2. The highest BCUT2D eigenvalue weighted by molar-refractivity contribution is 6.07. The number of hydrogen-bond donors (Lipinski definition) is 2. The Bertz CT molecular complexity index is 1640. The van der Waals surface area contributed by atoms with Crippen molar-refractivity contribution in [3.8, 4) is 11.1 Å². The lowest BCUT2D eigenvalue weighted by atomic mass is 10.0. The summed E-state index contributed by atoms with van der Waals surface area (Å²) in [4.78, 5) is 25.8.